The van der Waals surface area contributed by atoms with Crippen molar-refractivity contribution in [3.05, 3.63) is 59.4 Å². The lowest BCUT2D eigenvalue weighted by Crippen LogP contribution is -2.41. The number of carbonyl (C=O) groups excluding carboxylic acids is 2. The third-order valence-corrected chi connectivity index (χ3v) is 4.21. The first-order valence-corrected chi connectivity index (χ1v) is 9.39. The van der Waals surface area contributed by atoms with Gasteiger partial charge in [-0.2, -0.15) is 0 Å². The summed E-state index contributed by atoms with van der Waals surface area (Å²) in [4.78, 5) is 26.0. The van der Waals surface area contributed by atoms with Crippen molar-refractivity contribution in [2.75, 3.05) is 32.1 Å². The van der Waals surface area contributed by atoms with Crippen LogP contribution in [0.25, 0.3) is 0 Å². The van der Waals surface area contributed by atoms with Gasteiger partial charge in [-0.15, -0.1) is 0 Å². The fraction of sp³-hybridized carbons (Fsp3) is 0.333. The molecule has 2 rings (SSSR count). The molecule has 0 unspecified atom stereocenters. The van der Waals surface area contributed by atoms with Crippen molar-refractivity contribution in [2.45, 2.75) is 19.9 Å². The van der Waals surface area contributed by atoms with Crippen molar-refractivity contribution in [1.82, 2.24) is 10.2 Å². The van der Waals surface area contributed by atoms with E-state index in [0.717, 1.165) is 17.7 Å². The van der Waals surface area contributed by atoms with Gasteiger partial charge in [0.25, 0.3) is 0 Å². The summed E-state index contributed by atoms with van der Waals surface area (Å²) in [6.07, 6.45) is 0.677. The lowest BCUT2D eigenvalue weighted by atomic mass is 10.2. The van der Waals surface area contributed by atoms with Crippen molar-refractivity contribution >= 4 is 17.5 Å². The SMILES string of the molecule is CCCN(CC(=O)NCc1cccc(OC)c1)CC(=O)Nc1ccc(F)c(F)c1F. The Balaban J connectivity index is 1.90. The van der Waals surface area contributed by atoms with Gasteiger partial charge in [-0.25, -0.2) is 13.2 Å². The molecule has 0 fully saturated rings. The van der Waals surface area contributed by atoms with Gasteiger partial charge in [0.15, 0.2) is 17.5 Å². The van der Waals surface area contributed by atoms with Crippen LogP contribution in [0.15, 0.2) is 36.4 Å². The van der Waals surface area contributed by atoms with E-state index in [-0.39, 0.29) is 19.0 Å². The van der Waals surface area contributed by atoms with E-state index in [4.69, 9.17) is 4.74 Å². The molecule has 162 valence electrons. The Morgan fingerprint density at radius 1 is 1.03 bits per heavy atom. The molecule has 0 saturated heterocycles. The van der Waals surface area contributed by atoms with Gasteiger partial charge in [0.05, 0.1) is 25.9 Å². The van der Waals surface area contributed by atoms with Crippen molar-refractivity contribution in [3.63, 3.8) is 0 Å². The highest BCUT2D eigenvalue weighted by molar-refractivity contribution is 5.92. The summed E-state index contributed by atoms with van der Waals surface area (Å²) in [6.45, 7) is 2.36. The molecule has 0 radical (unpaired) electrons. The van der Waals surface area contributed by atoms with E-state index in [9.17, 15) is 22.8 Å². The van der Waals surface area contributed by atoms with E-state index in [0.29, 0.717) is 25.3 Å². The zero-order valence-electron chi connectivity index (χ0n) is 16.8. The van der Waals surface area contributed by atoms with Gasteiger partial charge in [-0.3, -0.25) is 14.5 Å². The molecule has 6 nitrogen and oxygen atoms in total. The molecule has 0 saturated carbocycles. The molecule has 0 aliphatic carbocycles. The van der Waals surface area contributed by atoms with Gasteiger partial charge in [-0.05, 0) is 42.8 Å². The second kappa shape index (κ2) is 11.2. The maximum Gasteiger partial charge on any atom is 0.238 e. The number of amides is 2. The molecule has 2 aromatic rings. The Hall–Kier alpha value is -3.07. The molecule has 0 atom stereocenters. The molecule has 0 aliphatic rings. The third-order valence-electron chi connectivity index (χ3n) is 4.21. The van der Waals surface area contributed by atoms with E-state index in [1.807, 2.05) is 19.1 Å². The van der Waals surface area contributed by atoms with Gasteiger partial charge in [0.2, 0.25) is 11.8 Å². The van der Waals surface area contributed by atoms with Gasteiger partial charge in [0, 0.05) is 6.54 Å². The van der Waals surface area contributed by atoms with Crippen LogP contribution in [0.4, 0.5) is 18.9 Å². The average molecular weight is 423 g/mol. The molecule has 2 aromatic carbocycles. The normalized spacial score (nSPS) is 10.7. The Morgan fingerprint density at radius 3 is 2.47 bits per heavy atom. The van der Waals surface area contributed by atoms with E-state index in [1.165, 1.54) is 0 Å². The number of hydrogen-bond donors (Lipinski definition) is 2. The molecule has 0 bridgehead atoms. The molecule has 2 N–H and O–H groups in total. The number of methoxy groups -OCH3 is 1. The molecule has 0 aliphatic heterocycles. The number of carbonyl (C=O) groups is 2. The number of anilines is 1. The number of halogens is 3. The van der Waals surface area contributed by atoms with Crippen LogP contribution in [-0.2, 0) is 16.1 Å². The molecule has 2 amide bonds. The highest BCUT2D eigenvalue weighted by atomic mass is 19.2. The van der Waals surface area contributed by atoms with Crippen LogP contribution < -0.4 is 15.4 Å². The third kappa shape index (κ3) is 6.77. The summed E-state index contributed by atoms with van der Waals surface area (Å²) < 4.78 is 45.2. The van der Waals surface area contributed by atoms with Crippen LogP contribution in [0, 0.1) is 17.5 Å². The smallest absolute Gasteiger partial charge is 0.238 e. The molecule has 0 spiro atoms. The standard InChI is InChI=1S/C21H24F3N3O3/c1-3-9-27(12-18(28)25-11-14-5-4-6-15(10-14)30-2)13-19(29)26-17-8-7-16(22)20(23)21(17)24/h4-8,10H,3,9,11-13H2,1-2H3,(H,25,28)(H,26,29). The van der Waals surface area contributed by atoms with Crippen LogP contribution in [0.1, 0.15) is 18.9 Å². The fourth-order valence-electron chi connectivity index (χ4n) is 2.79. The lowest BCUT2D eigenvalue weighted by Gasteiger charge is -2.20. The summed E-state index contributed by atoms with van der Waals surface area (Å²) in [5.74, 6) is -4.73. The number of hydrogen-bond acceptors (Lipinski definition) is 4. The maximum atomic E-state index is 13.7. The Bertz CT molecular complexity index is 893. The quantitative estimate of drug-likeness (QED) is 0.577. The second-order valence-corrected chi connectivity index (χ2v) is 6.61. The zero-order chi connectivity index (χ0) is 22.1. The van der Waals surface area contributed by atoms with Gasteiger partial charge in [-0.1, -0.05) is 19.1 Å². The Kier molecular flexibility index (Phi) is 8.67. The van der Waals surface area contributed by atoms with E-state index < -0.39 is 29.0 Å². The first kappa shape index (κ1) is 23.2. The monoisotopic (exact) mass is 423 g/mol. The molecule has 30 heavy (non-hydrogen) atoms. The van der Waals surface area contributed by atoms with Crippen molar-refractivity contribution in [2.24, 2.45) is 0 Å². The molecule has 9 heteroatoms. The van der Waals surface area contributed by atoms with E-state index >= 15 is 0 Å². The summed E-state index contributed by atoms with van der Waals surface area (Å²) in [7, 11) is 1.55. The predicted molar refractivity (Wildman–Crippen MR) is 107 cm³/mol. The Labute approximate surface area is 173 Å². The van der Waals surface area contributed by atoms with Gasteiger partial charge >= 0.3 is 0 Å². The first-order valence-electron chi connectivity index (χ1n) is 9.39. The van der Waals surface area contributed by atoms with Crippen LogP contribution in [0.5, 0.6) is 5.75 Å². The fourth-order valence-corrected chi connectivity index (χ4v) is 2.79. The van der Waals surface area contributed by atoms with E-state index in [1.54, 1.807) is 24.1 Å². The van der Waals surface area contributed by atoms with Crippen LogP contribution in [-0.4, -0.2) is 43.5 Å². The number of ether oxygens (including phenoxy) is 1. The van der Waals surface area contributed by atoms with Crippen LogP contribution >= 0.6 is 0 Å². The number of nitrogens with one attached hydrogen (secondary N) is 2. The molecular weight excluding hydrogens is 399 g/mol. The minimum atomic E-state index is -1.66. The van der Waals surface area contributed by atoms with E-state index in [2.05, 4.69) is 10.6 Å². The van der Waals surface area contributed by atoms with Crippen molar-refractivity contribution in [1.29, 1.82) is 0 Å². The highest BCUT2D eigenvalue weighted by Crippen LogP contribution is 2.19. The first-order chi connectivity index (χ1) is 14.3. The molecular formula is C21H24F3N3O3. The van der Waals surface area contributed by atoms with Crippen molar-refractivity contribution < 1.29 is 27.5 Å². The maximum absolute atomic E-state index is 13.7. The van der Waals surface area contributed by atoms with Crippen LogP contribution in [0.2, 0.25) is 0 Å². The lowest BCUT2D eigenvalue weighted by molar-refractivity contribution is -0.123. The minimum Gasteiger partial charge on any atom is -0.497 e. The van der Waals surface area contributed by atoms with Gasteiger partial charge in [0.1, 0.15) is 5.75 Å². The summed E-state index contributed by atoms with van der Waals surface area (Å²) in [6, 6.07) is 8.92. The number of nitrogens with zero attached hydrogens (tertiary/aromatic N) is 1. The van der Waals surface area contributed by atoms with Gasteiger partial charge < -0.3 is 15.4 Å². The average Bonchev–Trinajstić information content (AvgIpc) is 2.73. The Morgan fingerprint density at radius 2 is 1.77 bits per heavy atom. The minimum absolute atomic E-state index is 0.0501. The second-order valence-electron chi connectivity index (χ2n) is 6.61. The topological polar surface area (TPSA) is 70.7 Å². The van der Waals surface area contributed by atoms with Crippen LogP contribution in [0.3, 0.4) is 0 Å². The summed E-state index contributed by atoms with van der Waals surface area (Å²) in [5, 5.41) is 4.97. The summed E-state index contributed by atoms with van der Waals surface area (Å²) >= 11 is 0. The molecule has 0 heterocycles. The largest absolute Gasteiger partial charge is 0.497 e. The zero-order valence-corrected chi connectivity index (χ0v) is 16.8. The highest BCUT2D eigenvalue weighted by Gasteiger charge is 2.18. The summed E-state index contributed by atoms with van der Waals surface area (Å²) in [5.41, 5.74) is 0.397. The molecule has 0 aromatic heterocycles. The number of benzene rings is 2. The number of rotatable bonds is 10. The predicted octanol–water partition coefficient (Wildman–Crippen LogP) is 3.08. The van der Waals surface area contributed by atoms with Crippen molar-refractivity contribution in [3.8, 4) is 5.75 Å².